The number of hydrogen-bond donors (Lipinski definition) is 1. The molecule has 19 heavy (non-hydrogen) atoms. The lowest BCUT2D eigenvalue weighted by Crippen LogP contribution is -2.04. The van der Waals surface area contributed by atoms with Crippen LogP contribution in [-0.4, -0.2) is 33.7 Å². The van der Waals surface area contributed by atoms with Crippen molar-refractivity contribution in [2.75, 3.05) is 19.0 Å². The average Bonchev–Trinajstić information content (AvgIpc) is 2.94. The normalized spacial score (nSPS) is 10.7. The highest BCUT2D eigenvalue weighted by atomic mass is 32.1. The van der Waals surface area contributed by atoms with E-state index in [2.05, 4.69) is 14.8 Å². The average molecular weight is 280 g/mol. The Kier molecular flexibility index (Phi) is 4.28. The van der Waals surface area contributed by atoms with E-state index in [1.54, 1.807) is 24.9 Å². The number of carbonyl (C=O) groups excluding carboxylic acids is 1. The summed E-state index contributed by atoms with van der Waals surface area (Å²) in [4.78, 5) is 11.6. The van der Waals surface area contributed by atoms with Crippen LogP contribution in [-0.2, 0) is 11.3 Å². The first-order valence-corrected chi connectivity index (χ1v) is 6.64. The predicted octanol–water partition coefficient (Wildman–Crippen LogP) is 2.24. The van der Waals surface area contributed by atoms with Crippen LogP contribution in [0.25, 0.3) is 0 Å². The Labute approximate surface area is 115 Å². The third-order valence-electron chi connectivity index (χ3n) is 2.63. The second-order valence-corrected chi connectivity index (χ2v) is 4.91. The molecule has 2 aromatic rings. The lowest BCUT2D eigenvalue weighted by molar-refractivity contribution is 0.101. The molecule has 0 saturated heterocycles. The summed E-state index contributed by atoms with van der Waals surface area (Å²) in [5.74, 6) is 0.0144. The number of nitrogens with one attached hydrogen (secondary N) is 1. The molecule has 0 aromatic carbocycles. The van der Waals surface area contributed by atoms with Crippen molar-refractivity contribution < 1.29 is 9.53 Å². The lowest BCUT2D eigenvalue weighted by Gasteiger charge is -2.02. The fraction of sp³-hybridized carbons (Fsp3) is 0.417. The highest BCUT2D eigenvalue weighted by Gasteiger charge is 2.15. The van der Waals surface area contributed by atoms with Crippen molar-refractivity contribution in [2.45, 2.75) is 20.4 Å². The van der Waals surface area contributed by atoms with Gasteiger partial charge in [0.05, 0.1) is 36.3 Å². The molecule has 0 spiro atoms. The summed E-state index contributed by atoms with van der Waals surface area (Å²) in [7, 11) is 1.65. The van der Waals surface area contributed by atoms with E-state index >= 15 is 0 Å². The Balaban J connectivity index is 2.13. The second-order valence-electron chi connectivity index (χ2n) is 4.14. The number of hydrogen-bond acceptors (Lipinski definition) is 6. The number of aromatic nitrogens is 3. The Morgan fingerprint density at radius 2 is 2.37 bits per heavy atom. The minimum atomic E-state index is 0.0144. The Hall–Kier alpha value is -1.73. The molecule has 2 heterocycles. The smallest absolute Gasteiger partial charge is 0.164 e. The molecular weight excluding hydrogens is 264 g/mol. The highest BCUT2D eigenvalue weighted by molar-refractivity contribution is 7.10. The zero-order valence-electron chi connectivity index (χ0n) is 11.1. The maximum absolute atomic E-state index is 11.6. The van der Waals surface area contributed by atoms with Crippen LogP contribution in [0.5, 0.6) is 0 Å². The summed E-state index contributed by atoms with van der Waals surface area (Å²) >= 11 is 1.28. The van der Waals surface area contributed by atoms with Gasteiger partial charge in [0, 0.05) is 13.3 Å². The summed E-state index contributed by atoms with van der Waals surface area (Å²) in [6, 6.07) is 0. The van der Waals surface area contributed by atoms with E-state index in [-0.39, 0.29) is 5.78 Å². The molecular formula is C12H16N4O2S. The first-order valence-electron chi connectivity index (χ1n) is 5.87. The van der Waals surface area contributed by atoms with E-state index in [9.17, 15) is 4.79 Å². The number of ketones is 1. The van der Waals surface area contributed by atoms with Gasteiger partial charge in [-0.1, -0.05) is 0 Å². The maximum atomic E-state index is 11.6. The highest BCUT2D eigenvalue weighted by Crippen LogP contribution is 2.28. The number of ether oxygens (including phenoxy) is 1. The summed E-state index contributed by atoms with van der Waals surface area (Å²) in [6.45, 7) is 4.68. The Bertz CT molecular complexity index is 576. The molecule has 0 bridgehead atoms. The van der Waals surface area contributed by atoms with E-state index < -0.39 is 0 Å². The topological polar surface area (TPSA) is 69.0 Å². The largest absolute Gasteiger partial charge is 0.383 e. The van der Waals surface area contributed by atoms with Crippen LogP contribution in [0.1, 0.15) is 23.0 Å². The third-order valence-corrected chi connectivity index (χ3v) is 3.48. The fourth-order valence-corrected chi connectivity index (χ4v) is 2.60. The van der Waals surface area contributed by atoms with Gasteiger partial charge in [-0.3, -0.25) is 9.48 Å². The molecule has 0 atom stereocenters. The van der Waals surface area contributed by atoms with Crippen LogP contribution in [0.15, 0.2) is 12.4 Å². The van der Waals surface area contributed by atoms with Crippen LogP contribution in [0.2, 0.25) is 0 Å². The molecule has 0 aliphatic heterocycles. The van der Waals surface area contributed by atoms with Crippen molar-refractivity contribution in [3.05, 3.63) is 23.7 Å². The van der Waals surface area contributed by atoms with Gasteiger partial charge in [0.1, 0.15) is 5.00 Å². The van der Waals surface area contributed by atoms with E-state index in [1.165, 1.54) is 11.5 Å². The minimum Gasteiger partial charge on any atom is -0.383 e. The van der Waals surface area contributed by atoms with Crippen molar-refractivity contribution in [2.24, 2.45) is 0 Å². The quantitative estimate of drug-likeness (QED) is 0.822. The molecule has 0 fully saturated rings. The van der Waals surface area contributed by atoms with E-state index in [0.29, 0.717) is 18.7 Å². The number of carbonyl (C=O) groups is 1. The van der Waals surface area contributed by atoms with Crippen molar-refractivity contribution in [3.63, 3.8) is 0 Å². The molecule has 7 heteroatoms. The van der Waals surface area contributed by atoms with Gasteiger partial charge in [0.15, 0.2) is 5.78 Å². The molecule has 2 aromatic heterocycles. The molecule has 6 nitrogen and oxygen atoms in total. The fourth-order valence-electron chi connectivity index (χ4n) is 1.74. The third kappa shape index (κ3) is 3.18. The zero-order valence-corrected chi connectivity index (χ0v) is 12.0. The van der Waals surface area contributed by atoms with Crippen LogP contribution in [0, 0.1) is 6.92 Å². The second kappa shape index (κ2) is 5.94. The van der Waals surface area contributed by atoms with Gasteiger partial charge in [0.25, 0.3) is 0 Å². The van der Waals surface area contributed by atoms with Gasteiger partial charge in [-0.05, 0) is 25.4 Å². The monoisotopic (exact) mass is 280 g/mol. The van der Waals surface area contributed by atoms with E-state index in [4.69, 9.17) is 4.74 Å². The predicted molar refractivity (Wildman–Crippen MR) is 74.2 cm³/mol. The number of nitrogens with zero attached hydrogens (tertiary/aromatic N) is 3. The Morgan fingerprint density at radius 3 is 3.05 bits per heavy atom. The number of rotatable bonds is 6. The molecule has 0 radical (unpaired) electrons. The first kappa shape index (κ1) is 13.7. The summed E-state index contributed by atoms with van der Waals surface area (Å²) < 4.78 is 11.0. The van der Waals surface area contributed by atoms with Crippen LogP contribution in [0.3, 0.4) is 0 Å². The number of methoxy groups -OCH3 is 1. The molecule has 0 aliphatic carbocycles. The van der Waals surface area contributed by atoms with Crippen molar-refractivity contribution in [1.29, 1.82) is 0 Å². The number of aryl methyl sites for hydroxylation is 1. The molecule has 2 rings (SSSR count). The van der Waals surface area contributed by atoms with Crippen molar-refractivity contribution in [3.8, 4) is 0 Å². The molecule has 0 amide bonds. The van der Waals surface area contributed by atoms with Crippen LogP contribution < -0.4 is 5.32 Å². The summed E-state index contributed by atoms with van der Waals surface area (Å²) in [5.41, 5.74) is 2.24. The van der Waals surface area contributed by atoms with Crippen LogP contribution >= 0.6 is 11.5 Å². The van der Waals surface area contributed by atoms with Gasteiger partial charge < -0.3 is 10.1 Å². The number of anilines is 2. The van der Waals surface area contributed by atoms with Crippen LogP contribution in [0.4, 0.5) is 10.7 Å². The zero-order chi connectivity index (χ0) is 13.8. The SMILES string of the molecule is COCCn1cc(Nc2snc(C)c2C(C)=O)cn1. The first-order chi connectivity index (χ1) is 9.11. The summed E-state index contributed by atoms with van der Waals surface area (Å²) in [5, 5.41) is 8.15. The van der Waals surface area contributed by atoms with Crippen molar-refractivity contribution in [1.82, 2.24) is 14.2 Å². The van der Waals surface area contributed by atoms with Gasteiger partial charge >= 0.3 is 0 Å². The van der Waals surface area contributed by atoms with Gasteiger partial charge in [-0.2, -0.15) is 9.47 Å². The van der Waals surface area contributed by atoms with Gasteiger partial charge in [0.2, 0.25) is 0 Å². The summed E-state index contributed by atoms with van der Waals surface area (Å²) in [6.07, 6.45) is 3.59. The van der Waals surface area contributed by atoms with E-state index in [0.717, 1.165) is 16.4 Å². The van der Waals surface area contributed by atoms with Gasteiger partial charge in [-0.25, -0.2) is 0 Å². The maximum Gasteiger partial charge on any atom is 0.164 e. The standard InChI is InChI=1S/C12H16N4O2S/c1-8-11(9(2)17)12(19-15-8)14-10-6-13-16(7-10)4-5-18-3/h6-7,14H,4-5H2,1-3H3. The van der Waals surface area contributed by atoms with Crippen molar-refractivity contribution >= 4 is 28.0 Å². The molecule has 1 N–H and O–H groups in total. The minimum absolute atomic E-state index is 0.0144. The molecule has 0 saturated carbocycles. The van der Waals surface area contributed by atoms with E-state index in [1.807, 2.05) is 13.1 Å². The molecule has 0 aliphatic rings. The number of Topliss-reactive ketones (excluding diaryl/α,β-unsaturated/α-hetero) is 1. The Morgan fingerprint density at radius 1 is 1.58 bits per heavy atom. The van der Waals surface area contributed by atoms with Gasteiger partial charge in [-0.15, -0.1) is 0 Å². The molecule has 0 unspecified atom stereocenters. The lowest BCUT2D eigenvalue weighted by atomic mass is 10.2. The molecule has 102 valence electrons.